The molecule has 0 spiro atoms. The largest absolute Gasteiger partial charge is 0.501 e. The fourth-order valence-electron chi connectivity index (χ4n) is 1.88. The predicted molar refractivity (Wildman–Crippen MR) is 77.6 cm³/mol. The van der Waals surface area contributed by atoms with Gasteiger partial charge in [-0.1, -0.05) is 0 Å². The first kappa shape index (κ1) is 18.1. The molecule has 0 amide bonds. The molecule has 0 saturated heterocycles. The van der Waals surface area contributed by atoms with Gasteiger partial charge in [0.05, 0.1) is 27.2 Å². The van der Waals surface area contributed by atoms with Crippen LogP contribution in [0.15, 0.2) is 0 Å². The van der Waals surface area contributed by atoms with Crippen molar-refractivity contribution in [2.45, 2.75) is 40.2 Å². The van der Waals surface area contributed by atoms with Gasteiger partial charge in [-0.15, -0.1) is 0 Å². The van der Waals surface area contributed by atoms with Crippen LogP contribution in [0.25, 0.3) is 0 Å². The van der Waals surface area contributed by atoms with Gasteiger partial charge in [0.2, 0.25) is 0 Å². The summed E-state index contributed by atoms with van der Waals surface area (Å²) in [6.45, 7) is 12.5. The van der Waals surface area contributed by atoms with Crippen molar-refractivity contribution in [3.8, 4) is 0 Å². The van der Waals surface area contributed by atoms with Gasteiger partial charge in [0.1, 0.15) is 0 Å². The first-order valence-corrected chi connectivity index (χ1v) is 9.12. The highest BCUT2D eigenvalue weighted by atomic mass is 28.4. The van der Waals surface area contributed by atoms with Crippen LogP contribution < -0.4 is 0 Å². The smallest absolute Gasteiger partial charge is 0.374 e. The van der Waals surface area contributed by atoms with Crippen molar-refractivity contribution in [3.63, 3.8) is 0 Å². The molecule has 0 aliphatic carbocycles. The molecule has 0 bridgehead atoms. The molecule has 0 aromatic rings. The molecule has 110 valence electrons. The standard InChI is InChI=1S/C13H32NO3Si/c1-7-14(5,6)12-11-13-18(15-8-2,16-9-3)17-10-4/h7-13H2,1-6H3/q+1. The normalized spacial score (nSPS) is 13.0. The van der Waals surface area contributed by atoms with Crippen LogP contribution in [-0.4, -0.2) is 60.3 Å². The minimum atomic E-state index is -2.42. The highest BCUT2D eigenvalue weighted by Gasteiger charge is 2.40. The summed E-state index contributed by atoms with van der Waals surface area (Å²) in [5.74, 6) is 0. The van der Waals surface area contributed by atoms with Gasteiger partial charge >= 0.3 is 8.80 Å². The number of hydrogen-bond acceptors (Lipinski definition) is 3. The fraction of sp³-hybridized carbons (Fsp3) is 1.00. The summed E-state index contributed by atoms with van der Waals surface area (Å²) in [5.41, 5.74) is 0. The zero-order valence-corrected chi connectivity index (χ0v) is 14.1. The Hall–Kier alpha value is 0.0569. The quantitative estimate of drug-likeness (QED) is 0.429. The Morgan fingerprint density at radius 2 is 1.28 bits per heavy atom. The van der Waals surface area contributed by atoms with Crippen molar-refractivity contribution in [1.82, 2.24) is 0 Å². The number of rotatable bonds is 11. The molecule has 0 unspecified atom stereocenters. The Labute approximate surface area is 114 Å². The van der Waals surface area contributed by atoms with Crippen LogP contribution in [0.4, 0.5) is 0 Å². The monoisotopic (exact) mass is 278 g/mol. The van der Waals surface area contributed by atoms with Crippen molar-refractivity contribution >= 4 is 8.80 Å². The molecule has 0 atom stereocenters. The average molecular weight is 278 g/mol. The van der Waals surface area contributed by atoms with E-state index in [9.17, 15) is 0 Å². The third-order valence-corrected chi connectivity index (χ3v) is 6.35. The molecule has 0 aromatic carbocycles. The molecule has 0 N–H and O–H groups in total. The zero-order valence-electron chi connectivity index (χ0n) is 13.1. The average Bonchev–Trinajstić information content (AvgIpc) is 2.30. The number of quaternary nitrogens is 1. The van der Waals surface area contributed by atoms with Gasteiger partial charge in [0.25, 0.3) is 0 Å². The van der Waals surface area contributed by atoms with Crippen LogP contribution in [0.2, 0.25) is 6.04 Å². The Kier molecular flexibility index (Phi) is 9.07. The molecule has 0 fully saturated rings. The second-order valence-corrected chi connectivity index (χ2v) is 7.79. The summed E-state index contributed by atoms with van der Waals surface area (Å²) in [6.07, 6.45) is 1.09. The summed E-state index contributed by atoms with van der Waals surface area (Å²) in [4.78, 5) is 0. The van der Waals surface area contributed by atoms with E-state index in [1.807, 2.05) is 20.8 Å². The van der Waals surface area contributed by atoms with Gasteiger partial charge < -0.3 is 17.8 Å². The summed E-state index contributed by atoms with van der Waals surface area (Å²) in [6, 6.07) is 0.921. The van der Waals surface area contributed by atoms with Crippen LogP contribution in [0.1, 0.15) is 34.1 Å². The summed E-state index contributed by atoms with van der Waals surface area (Å²) >= 11 is 0. The first-order valence-electron chi connectivity index (χ1n) is 7.19. The molecule has 0 heterocycles. The van der Waals surface area contributed by atoms with E-state index in [0.717, 1.165) is 30.0 Å². The van der Waals surface area contributed by atoms with E-state index in [0.29, 0.717) is 19.8 Å². The fourth-order valence-corrected chi connectivity index (χ4v) is 4.48. The summed E-state index contributed by atoms with van der Waals surface area (Å²) in [7, 11) is 2.09. The molecular formula is C13H32NO3Si+. The molecule has 0 aliphatic heterocycles. The van der Waals surface area contributed by atoms with E-state index in [1.54, 1.807) is 0 Å². The van der Waals surface area contributed by atoms with Crippen molar-refractivity contribution in [2.75, 3.05) is 47.0 Å². The van der Waals surface area contributed by atoms with Crippen molar-refractivity contribution in [3.05, 3.63) is 0 Å². The molecule has 0 rings (SSSR count). The van der Waals surface area contributed by atoms with Gasteiger partial charge in [-0.3, -0.25) is 0 Å². The molecular weight excluding hydrogens is 246 g/mol. The van der Waals surface area contributed by atoms with Crippen LogP contribution >= 0.6 is 0 Å². The maximum Gasteiger partial charge on any atom is 0.501 e. The minimum absolute atomic E-state index is 0.665. The molecule has 0 aromatic heterocycles. The topological polar surface area (TPSA) is 27.7 Å². The number of hydrogen-bond donors (Lipinski definition) is 0. The van der Waals surface area contributed by atoms with E-state index in [4.69, 9.17) is 13.3 Å². The Morgan fingerprint density at radius 1 is 0.833 bits per heavy atom. The van der Waals surface area contributed by atoms with E-state index in [2.05, 4.69) is 21.0 Å². The molecule has 0 aliphatic rings. The Morgan fingerprint density at radius 3 is 1.61 bits per heavy atom. The Bertz CT molecular complexity index is 195. The third-order valence-electron chi connectivity index (χ3n) is 3.20. The molecule has 18 heavy (non-hydrogen) atoms. The highest BCUT2D eigenvalue weighted by Crippen LogP contribution is 2.19. The van der Waals surface area contributed by atoms with Crippen LogP contribution in [-0.2, 0) is 13.3 Å². The number of nitrogens with zero attached hydrogens (tertiary/aromatic N) is 1. The van der Waals surface area contributed by atoms with Crippen molar-refractivity contribution in [1.29, 1.82) is 0 Å². The maximum absolute atomic E-state index is 5.85. The summed E-state index contributed by atoms with van der Waals surface area (Å²) < 4.78 is 18.6. The van der Waals surface area contributed by atoms with Crippen LogP contribution in [0.3, 0.4) is 0 Å². The lowest BCUT2D eigenvalue weighted by molar-refractivity contribution is -0.888. The van der Waals surface area contributed by atoms with Gasteiger partial charge in [-0.25, -0.2) is 0 Å². The van der Waals surface area contributed by atoms with Crippen LogP contribution in [0, 0.1) is 0 Å². The van der Waals surface area contributed by atoms with Gasteiger partial charge in [-0.05, 0) is 27.7 Å². The molecule has 4 nitrogen and oxygen atoms in total. The van der Waals surface area contributed by atoms with Gasteiger partial charge in [-0.2, -0.15) is 0 Å². The lowest BCUT2D eigenvalue weighted by atomic mass is 10.4. The summed E-state index contributed by atoms with van der Waals surface area (Å²) in [5, 5.41) is 0. The maximum atomic E-state index is 5.85. The zero-order chi connectivity index (χ0) is 14.1. The predicted octanol–water partition coefficient (Wildman–Crippen LogP) is 2.52. The SMILES string of the molecule is CCO[Si](CCC[N+](C)(C)CC)(OCC)OCC. The highest BCUT2D eigenvalue weighted by molar-refractivity contribution is 6.60. The lowest BCUT2D eigenvalue weighted by Gasteiger charge is -2.31. The second-order valence-electron chi connectivity index (χ2n) is 5.06. The lowest BCUT2D eigenvalue weighted by Crippen LogP contribution is -2.47. The van der Waals surface area contributed by atoms with E-state index in [1.165, 1.54) is 0 Å². The first-order chi connectivity index (χ1) is 8.45. The van der Waals surface area contributed by atoms with Crippen molar-refractivity contribution < 1.29 is 17.8 Å². The van der Waals surface area contributed by atoms with Gasteiger partial charge in [0.15, 0.2) is 0 Å². The molecule has 0 radical (unpaired) electrons. The Balaban J connectivity index is 4.38. The van der Waals surface area contributed by atoms with E-state index in [-0.39, 0.29) is 0 Å². The molecule has 5 heteroatoms. The van der Waals surface area contributed by atoms with E-state index < -0.39 is 8.80 Å². The van der Waals surface area contributed by atoms with E-state index >= 15 is 0 Å². The third kappa shape index (κ3) is 6.85. The minimum Gasteiger partial charge on any atom is -0.374 e. The van der Waals surface area contributed by atoms with Crippen molar-refractivity contribution in [2.24, 2.45) is 0 Å². The van der Waals surface area contributed by atoms with Gasteiger partial charge in [0, 0.05) is 32.3 Å². The molecule has 0 saturated carbocycles. The second kappa shape index (κ2) is 9.04. The van der Waals surface area contributed by atoms with Crippen LogP contribution in [0.5, 0.6) is 0 Å².